The van der Waals surface area contributed by atoms with Crippen molar-refractivity contribution in [3.05, 3.63) is 132 Å². The predicted molar refractivity (Wildman–Crippen MR) is 175 cm³/mol. The maximum Gasteiger partial charge on any atom is 0.261 e. The number of amides is 1. The molecule has 0 radical (unpaired) electrons. The van der Waals surface area contributed by atoms with Crippen molar-refractivity contribution < 1.29 is 13.2 Å². The Hall–Kier alpha value is -4.62. The fraction of sp³-hybridized carbons (Fsp3) is 0.216. The Morgan fingerprint density at radius 2 is 1.52 bits per heavy atom. The van der Waals surface area contributed by atoms with Crippen LogP contribution in [0.15, 0.2) is 120 Å². The number of anilines is 3. The first kappa shape index (κ1) is 27.0. The minimum Gasteiger partial charge on any atom is -0.378 e. The largest absolute Gasteiger partial charge is 0.378 e. The summed E-state index contributed by atoms with van der Waals surface area (Å²) in [6.07, 6.45) is 3.81. The Bertz CT molecular complexity index is 1990. The number of hydrogen-bond donors (Lipinski definition) is 3. The van der Waals surface area contributed by atoms with Crippen molar-refractivity contribution in [1.82, 2.24) is 0 Å². The maximum absolute atomic E-state index is 13.4. The lowest BCUT2D eigenvalue weighted by atomic mass is 9.68. The standard InChI is InChI=1S/C37H33N3O3S/c41-37(38-28-16-18-29(19-17-28)44(42,43)40-33-12-6-10-23-7-4-5-11-30(23)33)27-15-20-32-31(22-27)34-25-13-14-26(21-25)35(34)36(39-32)24-8-2-1-3-9-24/h1-12,15-20,22,25-26,34-36,39-40H,13-14,21H2,(H,38,41)/t25-,26-,34-,35-,36-/m0/s1. The van der Waals surface area contributed by atoms with Crippen LogP contribution in [0.5, 0.6) is 0 Å². The number of carbonyl (C=O) groups excluding carboxylic acids is 1. The minimum atomic E-state index is -3.82. The van der Waals surface area contributed by atoms with E-state index < -0.39 is 10.0 Å². The number of fused-ring (bicyclic) bond motifs is 8. The first-order chi connectivity index (χ1) is 21.4. The van der Waals surface area contributed by atoms with Gasteiger partial charge in [-0.15, -0.1) is 0 Å². The summed E-state index contributed by atoms with van der Waals surface area (Å²) in [6.45, 7) is 0. The topological polar surface area (TPSA) is 87.3 Å². The second-order valence-electron chi connectivity index (χ2n) is 12.4. The number of rotatable bonds is 6. The molecule has 5 aromatic rings. The average Bonchev–Trinajstić information content (AvgIpc) is 3.68. The van der Waals surface area contributed by atoms with Crippen LogP contribution >= 0.6 is 0 Å². The highest BCUT2D eigenvalue weighted by Crippen LogP contribution is 2.63. The molecule has 3 aliphatic rings. The van der Waals surface area contributed by atoms with E-state index in [4.69, 9.17) is 0 Å². The zero-order valence-corrected chi connectivity index (χ0v) is 24.9. The van der Waals surface area contributed by atoms with Crippen LogP contribution in [-0.4, -0.2) is 14.3 Å². The molecule has 0 saturated heterocycles. The Balaban J connectivity index is 1.01. The van der Waals surface area contributed by atoms with Crippen LogP contribution in [0, 0.1) is 17.8 Å². The van der Waals surface area contributed by atoms with Crippen molar-refractivity contribution in [3.63, 3.8) is 0 Å². The summed E-state index contributed by atoms with van der Waals surface area (Å²) >= 11 is 0. The smallest absolute Gasteiger partial charge is 0.261 e. The maximum atomic E-state index is 13.4. The summed E-state index contributed by atoms with van der Waals surface area (Å²) in [6, 6.07) is 36.5. The van der Waals surface area contributed by atoms with E-state index in [0.717, 1.165) is 16.5 Å². The summed E-state index contributed by atoms with van der Waals surface area (Å²) in [5, 5.41) is 8.59. The van der Waals surface area contributed by atoms with Gasteiger partial charge in [-0.2, -0.15) is 0 Å². The van der Waals surface area contributed by atoms with Crippen molar-refractivity contribution in [3.8, 4) is 0 Å². The van der Waals surface area contributed by atoms with Gasteiger partial charge in [-0.3, -0.25) is 9.52 Å². The van der Waals surface area contributed by atoms with Crippen LogP contribution < -0.4 is 15.4 Å². The highest BCUT2D eigenvalue weighted by Gasteiger charge is 2.53. The molecule has 6 nitrogen and oxygen atoms in total. The molecule has 5 atom stereocenters. The van der Waals surface area contributed by atoms with E-state index in [9.17, 15) is 13.2 Å². The molecule has 1 heterocycles. The van der Waals surface area contributed by atoms with E-state index in [1.165, 1.54) is 42.5 Å². The van der Waals surface area contributed by atoms with Crippen molar-refractivity contribution >= 4 is 43.8 Å². The highest BCUT2D eigenvalue weighted by molar-refractivity contribution is 7.92. The summed E-state index contributed by atoms with van der Waals surface area (Å²) in [5.74, 6) is 2.13. The summed E-state index contributed by atoms with van der Waals surface area (Å²) in [5.41, 5.74) is 5.38. The summed E-state index contributed by atoms with van der Waals surface area (Å²) < 4.78 is 29.1. The first-order valence-corrected chi connectivity index (χ1v) is 16.8. The zero-order chi connectivity index (χ0) is 29.8. The van der Waals surface area contributed by atoms with Gasteiger partial charge in [0, 0.05) is 22.3 Å². The van der Waals surface area contributed by atoms with Gasteiger partial charge >= 0.3 is 0 Å². The monoisotopic (exact) mass is 599 g/mol. The Morgan fingerprint density at radius 3 is 2.36 bits per heavy atom. The number of hydrogen-bond acceptors (Lipinski definition) is 4. The van der Waals surface area contributed by atoms with E-state index in [1.54, 1.807) is 18.2 Å². The quantitative estimate of drug-likeness (QED) is 0.184. The van der Waals surface area contributed by atoms with Gasteiger partial charge < -0.3 is 10.6 Å². The first-order valence-electron chi connectivity index (χ1n) is 15.3. The van der Waals surface area contributed by atoms with E-state index in [2.05, 4.69) is 57.8 Å². The van der Waals surface area contributed by atoms with E-state index >= 15 is 0 Å². The predicted octanol–water partition coefficient (Wildman–Crippen LogP) is 8.19. The molecule has 2 fully saturated rings. The van der Waals surface area contributed by atoms with Gasteiger partial charge in [0.25, 0.3) is 15.9 Å². The van der Waals surface area contributed by atoms with Gasteiger partial charge in [-0.1, -0.05) is 66.7 Å². The van der Waals surface area contributed by atoms with Gasteiger partial charge in [-0.25, -0.2) is 8.42 Å². The lowest BCUT2D eigenvalue weighted by Gasteiger charge is -2.43. The fourth-order valence-electron chi connectivity index (χ4n) is 8.06. The molecule has 7 heteroatoms. The average molecular weight is 600 g/mol. The normalized spacial score (nSPS) is 23.4. The number of benzene rings is 5. The van der Waals surface area contributed by atoms with Crippen molar-refractivity contribution in [1.29, 1.82) is 0 Å². The summed E-state index contributed by atoms with van der Waals surface area (Å²) in [4.78, 5) is 13.5. The molecule has 2 saturated carbocycles. The zero-order valence-electron chi connectivity index (χ0n) is 24.1. The molecule has 1 amide bonds. The number of nitrogens with one attached hydrogen (secondary N) is 3. The molecule has 5 aromatic carbocycles. The van der Waals surface area contributed by atoms with Crippen LogP contribution in [0.25, 0.3) is 10.8 Å². The van der Waals surface area contributed by atoms with Crippen LogP contribution in [0.4, 0.5) is 17.1 Å². The Labute approximate surface area is 257 Å². The molecule has 0 unspecified atom stereocenters. The lowest BCUT2D eigenvalue weighted by molar-refractivity contribution is 0.102. The molecule has 3 N–H and O–H groups in total. The molecule has 8 rings (SSSR count). The minimum absolute atomic E-state index is 0.124. The Kier molecular flexibility index (Phi) is 6.45. The second-order valence-corrected chi connectivity index (χ2v) is 14.1. The van der Waals surface area contributed by atoms with Crippen LogP contribution in [-0.2, 0) is 10.0 Å². The third-order valence-corrected chi connectivity index (χ3v) is 11.3. The molecule has 0 aromatic heterocycles. The molecular formula is C37H33N3O3S. The van der Waals surface area contributed by atoms with Crippen molar-refractivity contribution in [2.24, 2.45) is 17.8 Å². The summed E-state index contributed by atoms with van der Waals surface area (Å²) in [7, 11) is -3.82. The van der Waals surface area contributed by atoms with Crippen LogP contribution in [0.2, 0.25) is 0 Å². The van der Waals surface area contributed by atoms with Crippen molar-refractivity contribution in [2.75, 3.05) is 15.4 Å². The molecule has 220 valence electrons. The second kappa shape index (κ2) is 10.5. The van der Waals surface area contributed by atoms with Crippen molar-refractivity contribution in [2.45, 2.75) is 36.1 Å². The molecule has 0 spiro atoms. The lowest BCUT2D eigenvalue weighted by Crippen LogP contribution is -2.35. The molecule has 1 aliphatic heterocycles. The SMILES string of the molecule is O=C(Nc1ccc(S(=O)(=O)Nc2cccc3ccccc23)cc1)c1ccc2c(c1)[C@@H]1[C@H]3CC[C@@H](C3)[C@@H]1[C@H](c1ccccc1)N2. The molecule has 44 heavy (non-hydrogen) atoms. The van der Waals surface area contributed by atoms with Gasteiger partial charge in [-0.05, 0) is 108 Å². The molecule has 2 bridgehead atoms. The van der Waals surface area contributed by atoms with Gasteiger partial charge in [0.1, 0.15) is 0 Å². The number of sulfonamides is 1. The van der Waals surface area contributed by atoms with Gasteiger partial charge in [0.2, 0.25) is 0 Å². The van der Waals surface area contributed by atoms with Crippen LogP contribution in [0.1, 0.15) is 52.7 Å². The Morgan fingerprint density at radius 1 is 0.773 bits per heavy atom. The fourth-order valence-corrected chi connectivity index (χ4v) is 9.14. The highest BCUT2D eigenvalue weighted by atomic mass is 32.2. The van der Waals surface area contributed by atoms with Gasteiger partial charge in [0.05, 0.1) is 16.6 Å². The van der Waals surface area contributed by atoms with Crippen LogP contribution in [0.3, 0.4) is 0 Å². The molecule has 2 aliphatic carbocycles. The number of carbonyl (C=O) groups is 1. The molecular weight excluding hydrogens is 566 g/mol. The van der Waals surface area contributed by atoms with E-state index in [0.29, 0.717) is 40.6 Å². The van der Waals surface area contributed by atoms with Gasteiger partial charge in [0.15, 0.2) is 0 Å². The third-order valence-electron chi connectivity index (χ3n) is 9.96. The third kappa shape index (κ3) is 4.63. The van der Waals surface area contributed by atoms with E-state index in [1.807, 2.05) is 42.5 Å². The van der Waals surface area contributed by atoms with E-state index in [-0.39, 0.29) is 16.8 Å².